The lowest BCUT2D eigenvalue weighted by atomic mass is 10.0. The van der Waals surface area contributed by atoms with Crippen LogP contribution in [0.2, 0.25) is 0 Å². The Kier molecular flexibility index (Phi) is 3.85. The van der Waals surface area contributed by atoms with E-state index < -0.39 is 21.7 Å². The molecule has 0 saturated carbocycles. The van der Waals surface area contributed by atoms with E-state index in [1.54, 1.807) is 18.2 Å². The van der Waals surface area contributed by atoms with Crippen LogP contribution in [0, 0.1) is 0 Å². The minimum atomic E-state index is -3.96. The summed E-state index contributed by atoms with van der Waals surface area (Å²) in [6.45, 7) is 4.94. The monoisotopic (exact) mass is 383 g/mol. The smallest absolute Gasteiger partial charge is 0.421 e. The van der Waals surface area contributed by atoms with Crippen LogP contribution in [0.4, 0.5) is 4.79 Å². The van der Waals surface area contributed by atoms with Gasteiger partial charge in [0.2, 0.25) is 11.4 Å². The van der Waals surface area contributed by atoms with E-state index in [0.717, 1.165) is 17.7 Å². The molecule has 0 aliphatic carbocycles. The molecule has 1 aromatic carbocycles. The molecule has 9 heteroatoms. The number of carbonyl (C=O) groups excluding carboxylic acids is 1. The molecule has 3 fully saturated rings. The summed E-state index contributed by atoms with van der Waals surface area (Å²) in [6.07, 6.45) is 0.744. The van der Waals surface area contributed by atoms with Gasteiger partial charge < -0.3 is 14.2 Å². The first kappa shape index (κ1) is 17.7. The van der Waals surface area contributed by atoms with Gasteiger partial charge in [-0.3, -0.25) is 4.90 Å². The third kappa shape index (κ3) is 2.61. The fourth-order valence-electron chi connectivity index (χ4n) is 4.63. The van der Waals surface area contributed by atoms with Crippen molar-refractivity contribution in [2.45, 2.75) is 48.6 Å². The molecule has 3 heterocycles. The van der Waals surface area contributed by atoms with Crippen molar-refractivity contribution < 1.29 is 32.3 Å². The molecule has 26 heavy (non-hydrogen) atoms. The summed E-state index contributed by atoms with van der Waals surface area (Å²) in [5.41, 5.74) is -1.23. The maximum atomic E-state index is 12.2. The average molecular weight is 383 g/mol. The van der Waals surface area contributed by atoms with Crippen molar-refractivity contribution in [3.05, 3.63) is 30.3 Å². The van der Waals surface area contributed by atoms with Gasteiger partial charge in [0.05, 0.1) is 4.90 Å². The summed E-state index contributed by atoms with van der Waals surface area (Å²) in [4.78, 5) is 13.3. The first-order valence-electron chi connectivity index (χ1n) is 8.60. The molecule has 2 atom stereocenters. The largest absolute Gasteiger partial charge is 0.442 e. The van der Waals surface area contributed by atoms with Gasteiger partial charge in [-0.15, -0.1) is 0 Å². The molecule has 1 amide bonds. The zero-order valence-electron chi connectivity index (χ0n) is 14.8. The Hall–Kier alpha value is -1.68. The molecule has 3 aliphatic rings. The number of quaternary nitrogens is 1. The summed E-state index contributed by atoms with van der Waals surface area (Å²) in [6, 6.07) is 7.69. The summed E-state index contributed by atoms with van der Waals surface area (Å²) < 4.78 is 43.7. The standard InChI is InChI=1S/C17H22N2O6S/c1-15-8-9-16(2)19(15)17(11-24-15,12-25-16)10-23-14(20)18-26(21,22)13-6-4-3-5-7-13/h3-7H,8-12H2,1-2H3,(H,18,20)/p+1/t15-,16-/m0/s1. The maximum absolute atomic E-state index is 12.2. The second kappa shape index (κ2) is 5.66. The van der Waals surface area contributed by atoms with E-state index >= 15 is 0 Å². The highest BCUT2D eigenvalue weighted by molar-refractivity contribution is 7.90. The number of hydrogen-bond acceptors (Lipinski definition) is 6. The summed E-state index contributed by atoms with van der Waals surface area (Å²) in [7, 11) is -3.96. The van der Waals surface area contributed by atoms with E-state index in [-0.39, 0.29) is 23.0 Å². The lowest BCUT2D eigenvalue weighted by molar-refractivity contribution is -1.02. The fraction of sp³-hybridized carbons (Fsp3) is 0.588. The molecular weight excluding hydrogens is 360 g/mol. The van der Waals surface area contributed by atoms with E-state index in [0.29, 0.717) is 13.2 Å². The molecule has 0 bridgehead atoms. The van der Waals surface area contributed by atoms with Crippen LogP contribution in [0.25, 0.3) is 0 Å². The van der Waals surface area contributed by atoms with Crippen molar-refractivity contribution in [1.29, 1.82) is 0 Å². The highest BCUT2D eigenvalue weighted by Gasteiger charge is 2.74. The van der Waals surface area contributed by atoms with E-state index in [9.17, 15) is 13.2 Å². The maximum Gasteiger partial charge on any atom is 0.421 e. The van der Waals surface area contributed by atoms with Crippen molar-refractivity contribution in [3.8, 4) is 0 Å². The molecule has 0 aromatic heterocycles. The van der Waals surface area contributed by atoms with E-state index in [1.165, 1.54) is 12.1 Å². The molecule has 8 nitrogen and oxygen atoms in total. The second-order valence-electron chi connectivity index (χ2n) is 7.69. The zero-order chi connectivity index (χ0) is 18.6. The van der Waals surface area contributed by atoms with E-state index in [1.807, 2.05) is 18.6 Å². The molecule has 3 saturated heterocycles. The van der Waals surface area contributed by atoms with Crippen LogP contribution < -0.4 is 9.62 Å². The highest BCUT2D eigenvalue weighted by atomic mass is 32.2. The number of hydrogen-bond donors (Lipinski definition) is 2. The van der Waals surface area contributed by atoms with Crippen molar-refractivity contribution in [1.82, 2.24) is 4.72 Å². The summed E-state index contributed by atoms with van der Waals surface area (Å²) in [5.74, 6) is 0. The topological polar surface area (TPSA) is 95.4 Å². The Morgan fingerprint density at radius 1 is 1.15 bits per heavy atom. The van der Waals surface area contributed by atoms with Crippen LogP contribution in [0.15, 0.2) is 35.2 Å². The van der Waals surface area contributed by atoms with Crippen molar-refractivity contribution in [2.24, 2.45) is 0 Å². The van der Waals surface area contributed by atoms with Gasteiger partial charge in [-0.25, -0.2) is 17.9 Å². The summed E-state index contributed by atoms with van der Waals surface area (Å²) >= 11 is 0. The first-order valence-corrected chi connectivity index (χ1v) is 10.1. The molecule has 2 N–H and O–H groups in total. The number of ether oxygens (including phenoxy) is 3. The molecule has 4 rings (SSSR count). The number of nitrogens with one attached hydrogen (secondary N) is 2. The van der Waals surface area contributed by atoms with Gasteiger partial charge >= 0.3 is 6.09 Å². The molecular formula is C17H23N2O6S+. The van der Waals surface area contributed by atoms with Crippen LogP contribution in [0.5, 0.6) is 0 Å². The van der Waals surface area contributed by atoms with Crippen molar-refractivity contribution in [2.75, 3.05) is 19.8 Å². The van der Waals surface area contributed by atoms with Crippen LogP contribution >= 0.6 is 0 Å². The van der Waals surface area contributed by atoms with Crippen LogP contribution in [0.3, 0.4) is 0 Å². The predicted octanol–water partition coefficient (Wildman–Crippen LogP) is 0.0118. The number of amides is 1. The predicted molar refractivity (Wildman–Crippen MR) is 89.8 cm³/mol. The van der Waals surface area contributed by atoms with Crippen LogP contribution in [-0.4, -0.2) is 51.3 Å². The lowest BCUT2D eigenvalue weighted by Crippen LogP contribution is -3.27. The van der Waals surface area contributed by atoms with Crippen LogP contribution in [0.1, 0.15) is 26.7 Å². The third-order valence-corrected chi connectivity index (χ3v) is 7.08. The van der Waals surface area contributed by atoms with Gasteiger partial charge in [-0.1, -0.05) is 18.2 Å². The SMILES string of the molecule is C[C@@]12CC[C@]3(C)OCC(COC(=O)NS(=O)(=O)c4ccccc4)(CO1)[NH+]23. The molecule has 0 spiro atoms. The Balaban J connectivity index is 1.44. The van der Waals surface area contributed by atoms with Crippen molar-refractivity contribution >= 4 is 16.1 Å². The number of benzene rings is 1. The van der Waals surface area contributed by atoms with Crippen molar-refractivity contribution in [3.63, 3.8) is 0 Å². The Morgan fingerprint density at radius 2 is 1.73 bits per heavy atom. The molecule has 0 radical (unpaired) electrons. The van der Waals surface area contributed by atoms with E-state index in [2.05, 4.69) is 0 Å². The molecule has 3 aliphatic heterocycles. The summed E-state index contributed by atoms with van der Waals surface area (Å²) in [5, 5.41) is 0. The quantitative estimate of drug-likeness (QED) is 0.761. The zero-order valence-corrected chi connectivity index (χ0v) is 15.6. The number of rotatable bonds is 4. The second-order valence-corrected chi connectivity index (χ2v) is 9.37. The Labute approximate surface area is 152 Å². The average Bonchev–Trinajstić information content (AvgIpc) is 3.18. The van der Waals surface area contributed by atoms with Gasteiger partial charge in [0.1, 0.15) is 13.2 Å². The first-order chi connectivity index (χ1) is 12.2. The molecule has 142 valence electrons. The lowest BCUT2D eigenvalue weighted by Gasteiger charge is -2.34. The van der Waals surface area contributed by atoms with Gasteiger partial charge in [0.15, 0.2) is 12.1 Å². The van der Waals surface area contributed by atoms with Crippen LogP contribution in [-0.2, 0) is 24.2 Å². The Bertz CT molecular complexity index is 807. The fourth-order valence-corrected chi connectivity index (χ4v) is 5.55. The third-order valence-electron chi connectivity index (χ3n) is 5.75. The van der Waals surface area contributed by atoms with E-state index in [4.69, 9.17) is 14.2 Å². The number of sulfonamides is 1. The van der Waals surface area contributed by atoms with Gasteiger partial charge in [-0.05, 0) is 12.1 Å². The van der Waals surface area contributed by atoms with Gasteiger partial charge in [0, 0.05) is 26.7 Å². The van der Waals surface area contributed by atoms with Gasteiger partial charge in [0.25, 0.3) is 10.0 Å². The minimum absolute atomic E-state index is 0.00818. The molecule has 0 unspecified atom stereocenters. The normalized spacial score (nSPS) is 38.2. The number of carbonyl (C=O) groups is 1. The Morgan fingerprint density at radius 3 is 2.31 bits per heavy atom. The molecule has 1 aromatic rings. The van der Waals surface area contributed by atoms with Gasteiger partial charge in [-0.2, -0.15) is 0 Å². The minimum Gasteiger partial charge on any atom is -0.442 e. The highest BCUT2D eigenvalue weighted by Crippen LogP contribution is 2.39.